The molecule has 1 heterocycles. The van der Waals surface area contributed by atoms with Gasteiger partial charge in [-0.1, -0.05) is 0 Å². The number of hydroxylamine groups is 3. The Kier molecular flexibility index (Phi) is 5.06. The van der Waals surface area contributed by atoms with Gasteiger partial charge >= 0.3 is 0 Å². The lowest BCUT2D eigenvalue weighted by Gasteiger charge is -2.40. The van der Waals surface area contributed by atoms with Crippen LogP contribution in [0.3, 0.4) is 0 Å². The van der Waals surface area contributed by atoms with Crippen LogP contribution in [0.1, 0.15) is 12.8 Å². The smallest absolute Gasteiger partial charge is 0.232 e. The Morgan fingerprint density at radius 3 is 2.38 bits per heavy atom. The Morgan fingerprint density at radius 1 is 1.19 bits per heavy atom. The van der Waals surface area contributed by atoms with Gasteiger partial charge in [0.15, 0.2) is 6.23 Å². The Bertz CT molecular complexity index is 218. The van der Waals surface area contributed by atoms with E-state index in [0.29, 0.717) is 19.4 Å². The molecular formula is C9H20N2O5. The molecule has 0 aliphatic carbocycles. The fourth-order valence-electron chi connectivity index (χ4n) is 1.92. The molecule has 0 aromatic heterocycles. The molecule has 16 heavy (non-hydrogen) atoms. The number of nitrogens with zero attached hydrogens (tertiary/aromatic N) is 2. The van der Waals surface area contributed by atoms with Crippen molar-refractivity contribution in [1.29, 1.82) is 0 Å². The van der Waals surface area contributed by atoms with Gasteiger partial charge in [0.25, 0.3) is 0 Å². The number of hydrogen-bond donors (Lipinski definition) is 4. The van der Waals surface area contributed by atoms with Crippen molar-refractivity contribution in [3.8, 4) is 0 Å². The largest absolute Gasteiger partial charge is 0.630 e. The summed E-state index contributed by atoms with van der Waals surface area (Å²) in [6, 6.07) is 0. The van der Waals surface area contributed by atoms with Gasteiger partial charge in [-0.05, 0) is 6.42 Å². The summed E-state index contributed by atoms with van der Waals surface area (Å²) in [6.07, 6.45) is -1.85. The van der Waals surface area contributed by atoms with Crippen molar-refractivity contribution in [3.05, 3.63) is 5.21 Å². The minimum atomic E-state index is -1.40. The molecule has 0 aromatic rings. The third-order valence-electron chi connectivity index (χ3n) is 2.84. The van der Waals surface area contributed by atoms with Crippen LogP contribution in [-0.2, 0) is 0 Å². The van der Waals surface area contributed by atoms with Gasteiger partial charge in [-0.15, -0.1) is 0 Å². The molecule has 1 aliphatic rings. The van der Waals surface area contributed by atoms with E-state index in [2.05, 4.69) is 0 Å². The van der Waals surface area contributed by atoms with Crippen LogP contribution in [-0.4, -0.2) is 75.4 Å². The maximum absolute atomic E-state index is 12.1. The number of aliphatic hydroxyl groups is 4. The van der Waals surface area contributed by atoms with Crippen molar-refractivity contribution in [3.63, 3.8) is 0 Å². The Labute approximate surface area is 94.3 Å². The predicted molar refractivity (Wildman–Crippen MR) is 55.5 cm³/mol. The van der Waals surface area contributed by atoms with Crippen molar-refractivity contribution in [2.24, 2.45) is 0 Å². The Balaban J connectivity index is 2.55. The van der Waals surface area contributed by atoms with Crippen molar-refractivity contribution in [2.75, 3.05) is 33.0 Å². The summed E-state index contributed by atoms with van der Waals surface area (Å²) in [4.78, 5) is 1.45. The number of quaternary nitrogens is 1. The van der Waals surface area contributed by atoms with Crippen LogP contribution >= 0.6 is 0 Å². The van der Waals surface area contributed by atoms with Gasteiger partial charge in [-0.2, -0.15) is 0 Å². The van der Waals surface area contributed by atoms with E-state index in [9.17, 15) is 15.4 Å². The zero-order chi connectivity index (χ0) is 12.2. The van der Waals surface area contributed by atoms with Gasteiger partial charge in [0.05, 0.1) is 6.54 Å². The monoisotopic (exact) mass is 236 g/mol. The summed E-state index contributed by atoms with van der Waals surface area (Å²) < 4.78 is -0.923. The number of rotatable bonds is 6. The molecule has 7 heteroatoms. The second kappa shape index (κ2) is 5.87. The minimum absolute atomic E-state index is 0.0116. The predicted octanol–water partition coefficient (Wildman–Crippen LogP) is -2.02. The molecule has 1 saturated heterocycles. The van der Waals surface area contributed by atoms with Gasteiger partial charge in [-0.3, -0.25) is 0 Å². The summed E-state index contributed by atoms with van der Waals surface area (Å²) in [5, 5.41) is 48.7. The quantitative estimate of drug-likeness (QED) is 0.313. The average molecular weight is 236 g/mol. The third kappa shape index (κ3) is 2.89. The molecule has 1 fully saturated rings. The van der Waals surface area contributed by atoms with Gasteiger partial charge in [-0.25, -0.2) is 4.90 Å². The van der Waals surface area contributed by atoms with Crippen LogP contribution in [0.25, 0.3) is 0 Å². The summed E-state index contributed by atoms with van der Waals surface area (Å²) >= 11 is 0. The molecule has 0 amide bonds. The van der Waals surface area contributed by atoms with Crippen molar-refractivity contribution < 1.29 is 25.1 Å². The summed E-state index contributed by atoms with van der Waals surface area (Å²) in [7, 11) is 0. The third-order valence-corrected chi connectivity index (χ3v) is 2.84. The second-order valence-corrected chi connectivity index (χ2v) is 4.11. The maximum atomic E-state index is 12.1. The van der Waals surface area contributed by atoms with E-state index < -0.39 is 17.1 Å². The minimum Gasteiger partial charge on any atom is -0.630 e. The maximum Gasteiger partial charge on any atom is 0.232 e. The molecule has 1 aliphatic heterocycles. The molecule has 7 nitrogen and oxygen atoms in total. The number of aliphatic hydroxyl groups excluding tert-OH is 4. The number of hydrogen-bond acceptors (Lipinski definition) is 6. The van der Waals surface area contributed by atoms with Crippen LogP contribution in [0.4, 0.5) is 0 Å². The fourth-order valence-corrected chi connectivity index (χ4v) is 1.92. The first-order valence-corrected chi connectivity index (χ1v) is 5.45. The van der Waals surface area contributed by atoms with E-state index in [1.54, 1.807) is 0 Å². The van der Waals surface area contributed by atoms with Crippen molar-refractivity contribution in [2.45, 2.75) is 25.3 Å². The van der Waals surface area contributed by atoms with Crippen LogP contribution in [0, 0.1) is 5.21 Å². The zero-order valence-electron chi connectivity index (χ0n) is 9.20. The second-order valence-electron chi connectivity index (χ2n) is 4.11. The van der Waals surface area contributed by atoms with E-state index in [4.69, 9.17) is 10.2 Å². The molecule has 3 unspecified atom stereocenters. The Hall–Kier alpha value is -0.280. The molecule has 0 spiro atoms. The van der Waals surface area contributed by atoms with Crippen LogP contribution in [0.5, 0.6) is 0 Å². The van der Waals surface area contributed by atoms with Gasteiger partial charge < -0.3 is 30.3 Å². The molecule has 0 radical (unpaired) electrons. The summed E-state index contributed by atoms with van der Waals surface area (Å²) in [6.45, 7) is 0.305. The molecule has 0 aromatic carbocycles. The van der Waals surface area contributed by atoms with Gasteiger partial charge in [0.1, 0.15) is 6.67 Å². The lowest BCUT2D eigenvalue weighted by atomic mass is 10.3. The van der Waals surface area contributed by atoms with E-state index >= 15 is 0 Å². The average Bonchev–Trinajstić information content (AvgIpc) is 2.49. The first-order valence-electron chi connectivity index (χ1n) is 5.45. The topological polar surface area (TPSA) is 107 Å². The highest BCUT2D eigenvalue weighted by Crippen LogP contribution is 2.25. The zero-order valence-corrected chi connectivity index (χ0v) is 9.20. The molecular weight excluding hydrogens is 216 g/mol. The molecule has 3 atom stereocenters. The lowest BCUT2D eigenvalue weighted by molar-refractivity contribution is -0.919. The van der Waals surface area contributed by atoms with Crippen molar-refractivity contribution in [1.82, 2.24) is 4.90 Å². The van der Waals surface area contributed by atoms with Crippen LogP contribution in [0.15, 0.2) is 0 Å². The first-order chi connectivity index (χ1) is 7.55. The van der Waals surface area contributed by atoms with Gasteiger partial charge in [0, 0.05) is 26.2 Å². The van der Waals surface area contributed by atoms with Gasteiger partial charge in [0.2, 0.25) is 6.23 Å². The van der Waals surface area contributed by atoms with Crippen molar-refractivity contribution >= 4 is 0 Å². The first kappa shape index (κ1) is 13.8. The van der Waals surface area contributed by atoms with Crippen LogP contribution < -0.4 is 0 Å². The molecule has 0 saturated carbocycles. The molecule has 4 N–H and O–H groups in total. The molecule has 96 valence electrons. The normalized spacial score (nSPS) is 35.8. The highest BCUT2D eigenvalue weighted by molar-refractivity contribution is 4.71. The Morgan fingerprint density at radius 2 is 1.81 bits per heavy atom. The highest BCUT2D eigenvalue weighted by Gasteiger charge is 2.45. The molecule has 1 rings (SSSR count). The lowest BCUT2D eigenvalue weighted by Crippen LogP contribution is -2.49. The van der Waals surface area contributed by atoms with Crippen LogP contribution in [0.2, 0.25) is 0 Å². The summed E-state index contributed by atoms with van der Waals surface area (Å²) in [5.41, 5.74) is 0. The van der Waals surface area contributed by atoms with E-state index in [1.165, 1.54) is 4.90 Å². The highest BCUT2D eigenvalue weighted by atomic mass is 16.6. The standard InChI is InChI=1S/C9H20N2O5/c12-5-1-3-10-7-11(16,4-2-6-13)9(15)8(10)14/h8-9,12-15H,1-7H2. The van der Waals surface area contributed by atoms with E-state index in [1.807, 2.05) is 0 Å². The van der Waals surface area contributed by atoms with E-state index in [0.717, 1.165) is 0 Å². The summed E-state index contributed by atoms with van der Waals surface area (Å²) in [5.74, 6) is 0. The molecule has 0 bridgehead atoms. The SMILES string of the molecule is [O-][N+]1(CCCO)CN(CCCO)C(O)C1O. The fraction of sp³-hybridized carbons (Fsp3) is 1.00. The van der Waals surface area contributed by atoms with E-state index in [-0.39, 0.29) is 26.4 Å².